The molecule has 1 fully saturated rings. The molecule has 1 saturated heterocycles. The van der Waals surface area contributed by atoms with E-state index < -0.39 is 17.5 Å². The second-order valence-electron chi connectivity index (χ2n) is 8.79. The van der Waals surface area contributed by atoms with Gasteiger partial charge in [-0.1, -0.05) is 24.3 Å². The fourth-order valence-electron chi connectivity index (χ4n) is 5.04. The number of carbonyl (C=O) groups is 3. The number of hydrogen-bond donors (Lipinski definition) is 2. The van der Waals surface area contributed by atoms with Crippen LogP contribution in [0.2, 0.25) is 0 Å². The van der Waals surface area contributed by atoms with Crippen molar-refractivity contribution in [3.63, 3.8) is 0 Å². The molecule has 0 radical (unpaired) electrons. The molecule has 2 heterocycles. The summed E-state index contributed by atoms with van der Waals surface area (Å²) in [5, 5.41) is 5.66. The molecular weight excluding hydrogens is 422 g/mol. The van der Waals surface area contributed by atoms with Gasteiger partial charge in [-0.3, -0.25) is 14.5 Å². The van der Waals surface area contributed by atoms with Crippen LogP contribution in [-0.4, -0.2) is 42.0 Å². The zero-order valence-corrected chi connectivity index (χ0v) is 18.8. The first-order chi connectivity index (χ1) is 15.9. The molecule has 1 spiro atoms. The molecule has 0 aromatic heterocycles. The summed E-state index contributed by atoms with van der Waals surface area (Å²) in [6, 6.07) is 10.9. The summed E-state index contributed by atoms with van der Waals surface area (Å²) >= 11 is 0. The van der Waals surface area contributed by atoms with E-state index in [9.17, 15) is 14.4 Å². The second-order valence-corrected chi connectivity index (χ2v) is 8.79. The van der Waals surface area contributed by atoms with Crippen LogP contribution < -0.4 is 20.1 Å². The minimum atomic E-state index is -1.07. The third-order valence-corrected chi connectivity index (χ3v) is 6.58. The molecule has 1 aliphatic carbocycles. The van der Waals surface area contributed by atoms with E-state index in [4.69, 9.17) is 9.47 Å². The van der Waals surface area contributed by atoms with E-state index in [1.807, 2.05) is 50.2 Å². The number of fused-ring (bicyclic) bond motifs is 3. The highest BCUT2D eigenvalue weighted by Gasteiger charge is 2.55. The summed E-state index contributed by atoms with van der Waals surface area (Å²) < 4.78 is 11.6. The van der Waals surface area contributed by atoms with E-state index >= 15 is 0 Å². The smallest absolute Gasteiger partial charge is 0.325 e. The van der Waals surface area contributed by atoms with Crippen LogP contribution in [0.5, 0.6) is 11.5 Å². The van der Waals surface area contributed by atoms with E-state index in [0.29, 0.717) is 25.2 Å². The Morgan fingerprint density at radius 1 is 1.27 bits per heavy atom. The van der Waals surface area contributed by atoms with Gasteiger partial charge in [0.2, 0.25) is 5.91 Å². The van der Waals surface area contributed by atoms with Crippen LogP contribution in [0, 0.1) is 0 Å². The predicted octanol–water partition coefficient (Wildman–Crippen LogP) is 2.42. The van der Waals surface area contributed by atoms with Gasteiger partial charge in [0.1, 0.15) is 29.7 Å². The number of nitrogens with one attached hydrogen (secondary N) is 2. The maximum atomic E-state index is 13.2. The fraction of sp³-hybridized carbons (Fsp3) is 0.400. The van der Waals surface area contributed by atoms with Crippen molar-refractivity contribution >= 4 is 17.8 Å². The van der Waals surface area contributed by atoms with Crippen LogP contribution >= 0.6 is 0 Å². The molecule has 3 aliphatic rings. The first-order valence-electron chi connectivity index (χ1n) is 11.4. The van der Waals surface area contributed by atoms with Crippen LogP contribution in [0.15, 0.2) is 36.4 Å². The Morgan fingerprint density at radius 3 is 2.91 bits per heavy atom. The lowest BCUT2D eigenvalue weighted by Crippen LogP contribution is -2.43. The van der Waals surface area contributed by atoms with E-state index in [1.165, 1.54) is 0 Å². The second kappa shape index (κ2) is 8.10. The molecule has 0 saturated carbocycles. The van der Waals surface area contributed by atoms with Gasteiger partial charge in [-0.05, 0) is 49.9 Å². The number of ether oxygens (including phenoxy) is 2. The molecule has 2 aromatic rings. The molecule has 0 bridgehead atoms. The predicted molar refractivity (Wildman–Crippen MR) is 120 cm³/mol. The van der Waals surface area contributed by atoms with Crippen LogP contribution in [0.1, 0.15) is 42.5 Å². The highest BCUT2D eigenvalue weighted by molar-refractivity contribution is 6.09. The van der Waals surface area contributed by atoms with Gasteiger partial charge in [0, 0.05) is 24.1 Å². The number of rotatable bonds is 6. The minimum Gasteiger partial charge on any atom is -0.494 e. The average molecular weight is 450 g/mol. The number of benzene rings is 2. The molecular formula is C25H27N3O5. The van der Waals surface area contributed by atoms with Crippen molar-refractivity contribution in [1.29, 1.82) is 0 Å². The normalized spacial score (nSPS) is 22.7. The fourth-order valence-corrected chi connectivity index (χ4v) is 5.04. The summed E-state index contributed by atoms with van der Waals surface area (Å²) in [6.45, 7) is 4.29. The summed E-state index contributed by atoms with van der Waals surface area (Å²) in [7, 11) is 0. The van der Waals surface area contributed by atoms with Gasteiger partial charge in [0.15, 0.2) is 0 Å². The monoisotopic (exact) mass is 449 g/mol. The van der Waals surface area contributed by atoms with Crippen LogP contribution in [0.3, 0.4) is 0 Å². The lowest BCUT2D eigenvalue weighted by atomic mass is 9.92. The Hall–Kier alpha value is -3.55. The molecule has 5 rings (SSSR count). The summed E-state index contributed by atoms with van der Waals surface area (Å²) in [5.41, 5.74) is 2.68. The van der Waals surface area contributed by atoms with Gasteiger partial charge >= 0.3 is 6.03 Å². The Labute approximate surface area is 192 Å². The lowest BCUT2D eigenvalue weighted by Gasteiger charge is -2.22. The average Bonchev–Trinajstić information content (AvgIpc) is 3.42. The summed E-state index contributed by atoms with van der Waals surface area (Å²) in [5.74, 6) is 0.707. The van der Waals surface area contributed by atoms with Crippen molar-refractivity contribution in [2.45, 2.75) is 51.3 Å². The van der Waals surface area contributed by atoms with Crippen molar-refractivity contribution in [2.24, 2.45) is 0 Å². The maximum Gasteiger partial charge on any atom is 0.325 e. The number of hydrogen-bond acceptors (Lipinski definition) is 5. The van der Waals surface area contributed by atoms with Crippen LogP contribution in [0.25, 0.3) is 0 Å². The number of urea groups is 1. The van der Waals surface area contributed by atoms with E-state index in [-0.39, 0.29) is 25.1 Å². The number of amides is 4. The minimum absolute atomic E-state index is 0.104. The highest BCUT2D eigenvalue weighted by Crippen LogP contribution is 2.41. The molecule has 0 unspecified atom stereocenters. The third kappa shape index (κ3) is 3.59. The summed E-state index contributed by atoms with van der Waals surface area (Å²) in [4.78, 5) is 39.6. The largest absolute Gasteiger partial charge is 0.494 e. The molecule has 2 atom stereocenters. The lowest BCUT2D eigenvalue weighted by molar-refractivity contribution is -0.135. The first-order valence-corrected chi connectivity index (χ1v) is 11.4. The van der Waals surface area contributed by atoms with E-state index in [0.717, 1.165) is 39.3 Å². The molecule has 172 valence electrons. The summed E-state index contributed by atoms with van der Waals surface area (Å²) in [6.07, 6.45) is 2.13. The van der Waals surface area contributed by atoms with Crippen LogP contribution in [-0.2, 0) is 34.5 Å². The number of nitrogens with zero attached hydrogens (tertiary/aromatic N) is 1. The van der Waals surface area contributed by atoms with Gasteiger partial charge < -0.3 is 20.1 Å². The molecule has 2 aromatic carbocycles. The maximum absolute atomic E-state index is 13.2. The van der Waals surface area contributed by atoms with Crippen molar-refractivity contribution in [3.05, 3.63) is 58.7 Å². The van der Waals surface area contributed by atoms with Gasteiger partial charge in [0.05, 0.1) is 6.61 Å². The molecule has 8 nitrogen and oxygen atoms in total. The Kier molecular flexibility index (Phi) is 5.23. The van der Waals surface area contributed by atoms with Crippen molar-refractivity contribution < 1.29 is 23.9 Å². The Balaban J connectivity index is 1.27. The Morgan fingerprint density at radius 2 is 2.09 bits per heavy atom. The van der Waals surface area contributed by atoms with Gasteiger partial charge in [0.25, 0.3) is 5.91 Å². The van der Waals surface area contributed by atoms with E-state index in [2.05, 4.69) is 10.6 Å². The van der Waals surface area contributed by atoms with Crippen molar-refractivity contribution in [3.8, 4) is 11.5 Å². The zero-order valence-electron chi connectivity index (χ0n) is 18.8. The van der Waals surface area contributed by atoms with Gasteiger partial charge in [-0.2, -0.15) is 0 Å². The van der Waals surface area contributed by atoms with Gasteiger partial charge in [-0.15, -0.1) is 0 Å². The highest BCUT2D eigenvalue weighted by atomic mass is 16.5. The molecule has 2 N–H and O–H groups in total. The van der Waals surface area contributed by atoms with E-state index in [1.54, 1.807) is 0 Å². The molecule has 4 amide bonds. The molecule has 2 aliphatic heterocycles. The van der Waals surface area contributed by atoms with Crippen LogP contribution in [0.4, 0.5) is 4.79 Å². The first kappa shape index (κ1) is 21.3. The number of carbonyl (C=O) groups excluding carboxylic acids is 3. The Bertz CT molecular complexity index is 1150. The van der Waals surface area contributed by atoms with Crippen molar-refractivity contribution in [2.75, 3.05) is 13.2 Å². The molecule has 8 heteroatoms. The number of imide groups is 1. The van der Waals surface area contributed by atoms with Gasteiger partial charge in [-0.25, -0.2) is 4.79 Å². The van der Waals surface area contributed by atoms with Crippen molar-refractivity contribution in [1.82, 2.24) is 15.5 Å². The topological polar surface area (TPSA) is 97.0 Å². The molecule has 33 heavy (non-hydrogen) atoms. The standard InChI is InChI=1S/C25H27N3O5/c1-3-32-20-11-17-10-15(2)33-21(17)12-18(20)13-26-22(29)14-28-23(30)25(27-24(28)31)9-8-16-6-4-5-7-19(16)25/h4-7,11-12,15H,3,8-10,13-14H2,1-2H3,(H,26,29)(H,27,31)/t15-,25-/m1/s1. The number of aryl methyl sites for hydroxylation is 1. The SMILES string of the molecule is CCOc1cc2c(cc1CNC(=O)CN1C(=O)N[C@@]3(CCc4ccccc43)C1=O)O[C@H](C)C2. The third-order valence-electron chi connectivity index (χ3n) is 6.58. The quantitative estimate of drug-likeness (QED) is 0.661. The zero-order chi connectivity index (χ0) is 23.2.